The van der Waals surface area contributed by atoms with Crippen molar-refractivity contribution >= 4 is 11.9 Å². The molecule has 7 heteroatoms. The lowest BCUT2D eigenvalue weighted by atomic mass is 9.89. The van der Waals surface area contributed by atoms with Crippen LogP contribution in [-0.4, -0.2) is 54.6 Å². The molecule has 2 heterocycles. The van der Waals surface area contributed by atoms with Gasteiger partial charge in [-0.05, 0) is 31.0 Å². The number of ether oxygens (including phenoxy) is 1. The van der Waals surface area contributed by atoms with Crippen LogP contribution >= 0.6 is 0 Å². The maximum atomic E-state index is 14.6. The second kappa shape index (κ2) is 9.77. The van der Waals surface area contributed by atoms with E-state index in [2.05, 4.69) is 4.98 Å². The molecule has 1 aliphatic heterocycles. The molecule has 0 saturated carbocycles. The van der Waals surface area contributed by atoms with Crippen molar-refractivity contribution in [2.45, 2.75) is 18.8 Å². The highest BCUT2D eigenvalue weighted by molar-refractivity contribution is 5.78. The van der Waals surface area contributed by atoms with Gasteiger partial charge in [-0.2, -0.15) is 0 Å². The Bertz CT molecular complexity index is 1070. The Balaban J connectivity index is 1.57. The summed E-state index contributed by atoms with van der Waals surface area (Å²) >= 11 is 0. The van der Waals surface area contributed by atoms with Crippen LogP contribution in [0.25, 0.3) is 11.1 Å². The van der Waals surface area contributed by atoms with E-state index in [9.17, 15) is 9.18 Å². The predicted octanol–water partition coefficient (Wildman–Crippen LogP) is 4.13. The molecule has 166 valence electrons. The second-order valence-corrected chi connectivity index (χ2v) is 8.12. The van der Waals surface area contributed by atoms with Gasteiger partial charge in [-0.1, -0.05) is 36.4 Å². The molecule has 2 aromatic carbocycles. The summed E-state index contributed by atoms with van der Waals surface area (Å²) in [6.07, 6.45) is 3.41. The van der Waals surface area contributed by atoms with Gasteiger partial charge in [0.15, 0.2) is 6.61 Å². The molecule has 0 aliphatic carbocycles. The summed E-state index contributed by atoms with van der Waals surface area (Å²) in [7, 11) is 3.75. The zero-order valence-electron chi connectivity index (χ0n) is 18.4. The number of hydrogen-bond donors (Lipinski definition) is 0. The van der Waals surface area contributed by atoms with Crippen molar-refractivity contribution in [1.82, 2.24) is 14.9 Å². The van der Waals surface area contributed by atoms with Crippen LogP contribution in [0.1, 0.15) is 24.5 Å². The zero-order valence-corrected chi connectivity index (χ0v) is 18.4. The number of carbonyl (C=O) groups is 1. The summed E-state index contributed by atoms with van der Waals surface area (Å²) in [6.45, 7) is 1.18. The number of carbonyl (C=O) groups excluding carboxylic acids is 1. The van der Waals surface area contributed by atoms with E-state index in [1.165, 1.54) is 6.07 Å². The van der Waals surface area contributed by atoms with Crippen LogP contribution in [0.4, 0.5) is 10.3 Å². The number of aromatic nitrogens is 2. The van der Waals surface area contributed by atoms with E-state index in [1.54, 1.807) is 24.4 Å². The summed E-state index contributed by atoms with van der Waals surface area (Å²) in [5.74, 6) is 0.849. The maximum Gasteiger partial charge on any atom is 0.260 e. The number of hydrogen-bond acceptors (Lipinski definition) is 5. The van der Waals surface area contributed by atoms with Crippen LogP contribution < -0.4 is 9.64 Å². The lowest BCUT2D eigenvalue weighted by molar-refractivity contribution is -0.134. The molecule has 32 heavy (non-hydrogen) atoms. The van der Waals surface area contributed by atoms with E-state index >= 15 is 0 Å². The molecule has 1 aromatic heterocycles. The second-order valence-electron chi connectivity index (χ2n) is 8.12. The van der Waals surface area contributed by atoms with Crippen LogP contribution in [0, 0.1) is 5.82 Å². The van der Waals surface area contributed by atoms with Gasteiger partial charge in [0.05, 0.1) is 5.69 Å². The summed E-state index contributed by atoms with van der Waals surface area (Å²) < 4.78 is 20.2. The molecule has 1 fully saturated rings. The van der Waals surface area contributed by atoms with Crippen molar-refractivity contribution in [3.63, 3.8) is 0 Å². The standard InChI is InChI=1S/C25H27FN4O2/c1-29(2)25-27-15-21(20-12-6-7-13-22(20)26)24(28-25)18-9-8-14-30(16-18)23(31)17-32-19-10-4-3-5-11-19/h3-7,10-13,15,18H,8-9,14,16-17H2,1-2H3/t18-/m1/s1. The van der Waals surface area contributed by atoms with Crippen molar-refractivity contribution in [2.75, 3.05) is 38.7 Å². The molecule has 0 bridgehead atoms. The van der Waals surface area contributed by atoms with Gasteiger partial charge in [-0.25, -0.2) is 14.4 Å². The molecular weight excluding hydrogens is 407 g/mol. The number of halogens is 1. The van der Waals surface area contributed by atoms with Gasteiger partial charge in [-0.15, -0.1) is 0 Å². The summed E-state index contributed by atoms with van der Waals surface area (Å²) in [5.41, 5.74) is 1.92. The SMILES string of the molecule is CN(C)c1ncc(-c2ccccc2F)c([C@@H]2CCCN(C(=O)COc3ccccc3)C2)n1. The molecular formula is C25H27FN4O2. The van der Waals surface area contributed by atoms with Crippen molar-refractivity contribution in [3.05, 3.63) is 72.3 Å². The van der Waals surface area contributed by atoms with Crippen LogP contribution in [0.2, 0.25) is 0 Å². The predicted molar refractivity (Wildman–Crippen MR) is 122 cm³/mol. The molecule has 1 atom stereocenters. The third-order valence-corrected chi connectivity index (χ3v) is 5.64. The van der Waals surface area contributed by atoms with E-state index < -0.39 is 0 Å². The minimum absolute atomic E-state index is 0.0103. The van der Waals surface area contributed by atoms with Gasteiger partial charge in [-0.3, -0.25) is 4.79 Å². The van der Waals surface area contributed by atoms with Crippen LogP contribution in [0.3, 0.4) is 0 Å². The number of anilines is 1. The summed E-state index contributed by atoms with van der Waals surface area (Å²) in [5, 5.41) is 0. The van der Waals surface area contributed by atoms with E-state index in [1.807, 2.05) is 54.2 Å². The molecule has 0 radical (unpaired) electrons. The van der Waals surface area contributed by atoms with Gasteiger partial charge < -0.3 is 14.5 Å². The van der Waals surface area contributed by atoms with Gasteiger partial charge in [0.1, 0.15) is 11.6 Å². The van der Waals surface area contributed by atoms with Crippen LogP contribution in [-0.2, 0) is 4.79 Å². The number of rotatable bonds is 6. The highest BCUT2D eigenvalue weighted by Crippen LogP contribution is 2.35. The third-order valence-electron chi connectivity index (χ3n) is 5.64. The fourth-order valence-electron chi connectivity index (χ4n) is 3.98. The van der Waals surface area contributed by atoms with E-state index in [0.717, 1.165) is 18.5 Å². The van der Waals surface area contributed by atoms with E-state index in [4.69, 9.17) is 9.72 Å². The van der Waals surface area contributed by atoms with E-state index in [0.29, 0.717) is 35.9 Å². The van der Waals surface area contributed by atoms with Gasteiger partial charge in [0, 0.05) is 50.4 Å². The Morgan fingerprint density at radius 1 is 1.12 bits per heavy atom. The summed E-state index contributed by atoms with van der Waals surface area (Å²) in [4.78, 5) is 25.7. The Morgan fingerprint density at radius 2 is 1.88 bits per heavy atom. The quantitative estimate of drug-likeness (QED) is 0.584. The number of piperidine rings is 1. The fraction of sp³-hybridized carbons (Fsp3) is 0.320. The first-order chi connectivity index (χ1) is 15.5. The maximum absolute atomic E-state index is 14.6. The average Bonchev–Trinajstić information content (AvgIpc) is 2.83. The van der Waals surface area contributed by atoms with E-state index in [-0.39, 0.29) is 24.2 Å². The largest absolute Gasteiger partial charge is 0.484 e. The molecule has 3 aromatic rings. The topological polar surface area (TPSA) is 58.6 Å². The first-order valence-electron chi connectivity index (χ1n) is 10.8. The van der Waals surface area contributed by atoms with Crippen LogP contribution in [0.5, 0.6) is 5.75 Å². The normalized spacial score (nSPS) is 16.0. The molecule has 1 aliphatic rings. The minimum atomic E-state index is -0.310. The van der Waals surface area contributed by atoms with Crippen molar-refractivity contribution < 1.29 is 13.9 Å². The number of benzene rings is 2. The number of amides is 1. The van der Waals surface area contributed by atoms with Crippen molar-refractivity contribution in [3.8, 4) is 16.9 Å². The van der Waals surface area contributed by atoms with Gasteiger partial charge >= 0.3 is 0 Å². The Hall–Kier alpha value is -3.48. The third kappa shape index (κ3) is 4.88. The first kappa shape index (κ1) is 21.7. The number of para-hydroxylation sites is 1. The lowest BCUT2D eigenvalue weighted by Crippen LogP contribution is -2.42. The smallest absolute Gasteiger partial charge is 0.260 e. The Labute approximate surface area is 187 Å². The van der Waals surface area contributed by atoms with Crippen LogP contribution in [0.15, 0.2) is 60.8 Å². The Kier molecular flexibility index (Phi) is 6.63. The molecule has 1 amide bonds. The highest BCUT2D eigenvalue weighted by atomic mass is 19.1. The highest BCUT2D eigenvalue weighted by Gasteiger charge is 2.29. The monoisotopic (exact) mass is 434 g/mol. The molecule has 1 saturated heterocycles. The van der Waals surface area contributed by atoms with Crippen molar-refractivity contribution in [2.24, 2.45) is 0 Å². The molecule has 4 rings (SSSR count). The number of likely N-dealkylation sites (tertiary alicyclic amines) is 1. The Morgan fingerprint density at radius 3 is 2.62 bits per heavy atom. The van der Waals surface area contributed by atoms with Crippen molar-refractivity contribution in [1.29, 1.82) is 0 Å². The van der Waals surface area contributed by atoms with Gasteiger partial charge in [0.25, 0.3) is 5.91 Å². The lowest BCUT2D eigenvalue weighted by Gasteiger charge is -2.33. The number of nitrogens with zero attached hydrogens (tertiary/aromatic N) is 4. The fourth-order valence-corrected chi connectivity index (χ4v) is 3.98. The molecule has 0 spiro atoms. The average molecular weight is 435 g/mol. The molecule has 0 N–H and O–H groups in total. The molecule has 6 nitrogen and oxygen atoms in total. The first-order valence-corrected chi connectivity index (χ1v) is 10.8. The summed E-state index contributed by atoms with van der Waals surface area (Å²) in [6, 6.07) is 16.0. The van der Waals surface area contributed by atoms with Gasteiger partial charge in [0.2, 0.25) is 5.95 Å². The zero-order chi connectivity index (χ0) is 22.5. The minimum Gasteiger partial charge on any atom is -0.484 e. The molecule has 0 unspecified atom stereocenters.